The minimum Gasteiger partial charge on any atom is -0.365 e. The predicted octanol–water partition coefficient (Wildman–Crippen LogP) is 2.41. The van der Waals surface area contributed by atoms with Crippen molar-refractivity contribution in [2.45, 2.75) is 20.4 Å². The highest BCUT2D eigenvalue weighted by Gasteiger charge is 2.05. The van der Waals surface area contributed by atoms with Gasteiger partial charge in [0.1, 0.15) is 12.1 Å². The van der Waals surface area contributed by atoms with Gasteiger partial charge in [0.15, 0.2) is 5.65 Å². The maximum Gasteiger partial charge on any atom is 0.157 e. The fraction of sp³-hybridized carbons (Fsp3) is 0.250. The molecule has 0 bridgehead atoms. The van der Waals surface area contributed by atoms with E-state index in [0.29, 0.717) is 0 Å². The van der Waals surface area contributed by atoms with E-state index in [9.17, 15) is 0 Å². The Hall–Kier alpha value is -1.95. The monoisotopic (exact) mass is 259 g/mol. The Kier molecular flexibility index (Phi) is 2.71. The van der Waals surface area contributed by atoms with Crippen LogP contribution in [0.4, 0.5) is 5.82 Å². The van der Waals surface area contributed by atoms with Crippen LogP contribution in [0, 0.1) is 13.8 Å². The largest absolute Gasteiger partial charge is 0.365 e. The molecule has 0 saturated carbocycles. The molecule has 0 atom stereocenters. The molecule has 92 valence electrons. The fourth-order valence-corrected chi connectivity index (χ4v) is 2.57. The van der Waals surface area contributed by atoms with Gasteiger partial charge in [-0.2, -0.15) is 9.61 Å². The van der Waals surface area contributed by atoms with Crippen LogP contribution in [0.2, 0.25) is 0 Å². The van der Waals surface area contributed by atoms with Gasteiger partial charge in [-0.15, -0.1) is 11.3 Å². The summed E-state index contributed by atoms with van der Waals surface area (Å²) in [6.45, 7) is 4.83. The zero-order chi connectivity index (χ0) is 12.5. The van der Waals surface area contributed by atoms with Crippen LogP contribution in [0.25, 0.3) is 5.65 Å². The number of hydrogen-bond donors (Lipinski definition) is 1. The maximum atomic E-state index is 4.24. The van der Waals surface area contributed by atoms with Gasteiger partial charge in [0.05, 0.1) is 17.7 Å². The highest BCUT2D eigenvalue weighted by molar-refractivity contribution is 7.09. The van der Waals surface area contributed by atoms with Crippen LogP contribution < -0.4 is 5.32 Å². The Morgan fingerprint density at radius 2 is 2.17 bits per heavy atom. The molecule has 0 radical (unpaired) electrons. The lowest BCUT2D eigenvalue weighted by molar-refractivity contribution is 0.941. The zero-order valence-electron chi connectivity index (χ0n) is 10.2. The third kappa shape index (κ3) is 1.95. The van der Waals surface area contributed by atoms with E-state index in [1.54, 1.807) is 17.7 Å². The topological polar surface area (TPSA) is 55.1 Å². The molecule has 0 unspecified atom stereocenters. The quantitative estimate of drug-likeness (QED) is 0.784. The molecule has 1 N–H and O–H groups in total. The Balaban J connectivity index is 1.90. The molecule has 3 heterocycles. The van der Waals surface area contributed by atoms with Gasteiger partial charge in [0.2, 0.25) is 0 Å². The molecule has 3 rings (SSSR count). The van der Waals surface area contributed by atoms with Crippen LogP contribution in [-0.4, -0.2) is 19.6 Å². The third-order valence-corrected chi connectivity index (χ3v) is 3.73. The summed E-state index contributed by atoms with van der Waals surface area (Å²) in [6.07, 6.45) is 1.57. The molecular formula is C12H13N5S. The predicted molar refractivity (Wildman–Crippen MR) is 71.9 cm³/mol. The van der Waals surface area contributed by atoms with Crippen molar-refractivity contribution in [3.8, 4) is 0 Å². The first-order valence-electron chi connectivity index (χ1n) is 5.67. The second-order valence-corrected chi connectivity index (χ2v) is 5.10. The first-order valence-corrected chi connectivity index (χ1v) is 6.55. The average molecular weight is 259 g/mol. The summed E-state index contributed by atoms with van der Waals surface area (Å²) in [5, 5.41) is 7.60. The molecule has 0 spiro atoms. The molecule has 0 aliphatic carbocycles. The maximum absolute atomic E-state index is 4.24. The van der Waals surface area contributed by atoms with Gasteiger partial charge < -0.3 is 5.32 Å². The number of thiazole rings is 1. The standard InChI is InChI=1S/C12H13N5S/c1-8-3-11(17-12(4-8)14-6-16-17)13-5-10-9(2)15-7-18-10/h3-4,6-7,13H,5H2,1-2H3. The molecule has 0 aromatic carbocycles. The van der Waals surface area contributed by atoms with E-state index in [4.69, 9.17) is 0 Å². The van der Waals surface area contributed by atoms with Crippen molar-refractivity contribution < 1.29 is 0 Å². The van der Waals surface area contributed by atoms with Gasteiger partial charge in [0, 0.05) is 4.88 Å². The molecule has 6 heteroatoms. The number of nitrogens with one attached hydrogen (secondary N) is 1. The van der Waals surface area contributed by atoms with Gasteiger partial charge >= 0.3 is 0 Å². The average Bonchev–Trinajstić information content (AvgIpc) is 2.94. The number of anilines is 1. The van der Waals surface area contributed by atoms with Crippen molar-refractivity contribution in [1.82, 2.24) is 19.6 Å². The van der Waals surface area contributed by atoms with E-state index in [-0.39, 0.29) is 0 Å². The second kappa shape index (κ2) is 4.38. The summed E-state index contributed by atoms with van der Waals surface area (Å²) < 4.78 is 1.81. The number of hydrogen-bond acceptors (Lipinski definition) is 5. The van der Waals surface area contributed by atoms with Gasteiger partial charge in [-0.05, 0) is 31.5 Å². The summed E-state index contributed by atoms with van der Waals surface area (Å²) in [5.74, 6) is 0.954. The lowest BCUT2D eigenvalue weighted by Crippen LogP contribution is -2.05. The van der Waals surface area contributed by atoms with Crippen molar-refractivity contribution in [1.29, 1.82) is 0 Å². The molecule has 18 heavy (non-hydrogen) atoms. The lowest BCUT2D eigenvalue weighted by atomic mass is 10.3. The number of aryl methyl sites for hydroxylation is 2. The second-order valence-electron chi connectivity index (χ2n) is 4.16. The summed E-state index contributed by atoms with van der Waals surface area (Å²) in [7, 11) is 0. The van der Waals surface area contributed by atoms with E-state index >= 15 is 0 Å². The Morgan fingerprint density at radius 3 is 2.94 bits per heavy atom. The SMILES string of the molecule is Cc1cc(NCc2scnc2C)n2ncnc2c1. The van der Waals surface area contributed by atoms with Crippen LogP contribution in [0.1, 0.15) is 16.1 Å². The van der Waals surface area contributed by atoms with E-state index in [2.05, 4.69) is 33.4 Å². The molecule has 0 fully saturated rings. The fourth-order valence-electron chi connectivity index (χ4n) is 1.85. The molecule has 3 aromatic rings. The summed E-state index contributed by atoms with van der Waals surface area (Å²) in [4.78, 5) is 9.69. The van der Waals surface area contributed by atoms with Crippen molar-refractivity contribution in [3.05, 3.63) is 40.1 Å². The molecule has 0 aliphatic rings. The van der Waals surface area contributed by atoms with Crippen LogP contribution >= 0.6 is 11.3 Å². The van der Waals surface area contributed by atoms with E-state index in [1.807, 2.05) is 23.0 Å². The van der Waals surface area contributed by atoms with E-state index in [1.165, 1.54) is 10.4 Å². The van der Waals surface area contributed by atoms with Crippen molar-refractivity contribution in [2.75, 3.05) is 5.32 Å². The molecule has 3 aromatic heterocycles. The molecule has 0 aliphatic heterocycles. The van der Waals surface area contributed by atoms with Crippen molar-refractivity contribution >= 4 is 22.8 Å². The highest BCUT2D eigenvalue weighted by Crippen LogP contribution is 2.17. The molecular weight excluding hydrogens is 246 g/mol. The minimum absolute atomic E-state index is 0.759. The van der Waals surface area contributed by atoms with Crippen LogP contribution in [0.5, 0.6) is 0 Å². The lowest BCUT2D eigenvalue weighted by Gasteiger charge is -2.08. The summed E-state index contributed by atoms with van der Waals surface area (Å²) >= 11 is 1.66. The first-order chi connectivity index (χ1) is 8.74. The van der Waals surface area contributed by atoms with Gasteiger partial charge in [-0.1, -0.05) is 0 Å². The number of aromatic nitrogens is 4. The number of rotatable bonds is 3. The van der Waals surface area contributed by atoms with Crippen LogP contribution in [0.15, 0.2) is 24.0 Å². The Morgan fingerprint density at radius 1 is 1.28 bits per heavy atom. The summed E-state index contributed by atoms with van der Waals surface area (Å²) in [5.41, 5.74) is 4.97. The van der Waals surface area contributed by atoms with Gasteiger partial charge in [-0.25, -0.2) is 9.97 Å². The van der Waals surface area contributed by atoms with Gasteiger partial charge in [0.25, 0.3) is 0 Å². The van der Waals surface area contributed by atoms with Crippen molar-refractivity contribution in [3.63, 3.8) is 0 Å². The van der Waals surface area contributed by atoms with Gasteiger partial charge in [-0.3, -0.25) is 0 Å². The summed E-state index contributed by atoms with van der Waals surface area (Å²) in [6, 6.07) is 4.08. The minimum atomic E-state index is 0.759. The number of nitrogens with zero attached hydrogens (tertiary/aromatic N) is 4. The smallest absolute Gasteiger partial charge is 0.157 e. The zero-order valence-corrected chi connectivity index (χ0v) is 11.0. The normalized spacial score (nSPS) is 11.0. The van der Waals surface area contributed by atoms with Crippen LogP contribution in [-0.2, 0) is 6.54 Å². The first kappa shape index (κ1) is 11.2. The number of pyridine rings is 1. The number of fused-ring (bicyclic) bond motifs is 1. The highest BCUT2D eigenvalue weighted by atomic mass is 32.1. The molecule has 0 amide bonds. The molecule has 5 nitrogen and oxygen atoms in total. The Bertz CT molecular complexity index is 685. The van der Waals surface area contributed by atoms with E-state index in [0.717, 1.165) is 23.7 Å². The Labute approximate surface area is 109 Å². The van der Waals surface area contributed by atoms with Crippen molar-refractivity contribution in [2.24, 2.45) is 0 Å². The van der Waals surface area contributed by atoms with E-state index < -0.39 is 0 Å². The third-order valence-electron chi connectivity index (χ3n) is 2.80. The molecule has 0 saturated heterocycles. The van der Waals surface area contributed by atoms with Crippen LogP contribution in [0.3, 0.4) is 0 Å².